The van der Waals surface area contributed by atoms with Gasteiger partial charge in [-0.2, -0.15) is 0 Å². The van der Waals surface area contributed by atoms with Crippen molar-refractivity contribution in [3.05, 3.63) is 57.9 Å². The van der Waals surface area contributed by atoms with E-state index in [2.05, 4.69) is 46.4 Å². The molecular formula is C27H36N4O3S. The van der Waals surface area contributed by atoms with Crippen molar-refractivity contribution >= 4 is 23.0 Å². The second-order valence-electron chi connectivity index (χ2n) is 9.74. The van der Waals surface area contributed by atoms with Gasteiger partial charge in [-0.25, -0.2) is 0 Å². The van der Waals surface area contributed by atoms with Crippen LogP contribution in [0.1, 0.15) is 49.4 Å². The van der Waals surface area contributed by atoms with Crippen molar-refractivity contribution in [1.29, 1.82) is 0 Å². The summed E-state index contributed by atoms with van der Waals surface area (Å²) in [6, 6.07) is 8.43. The minimum Gasteiger partial charge on any atom is -0.611 e. The third kappa shape index (κ3) is 5.22. The highest BCUT2D eigenvalue weighted by atomic mass is 32.2. The monoisotopic (exact) mass is 496 g/mol. The Hall–Kier alpha value is -2.10. The fraction of sp³-hybridized carbons (Fsp3) is 0.519. The molecule has 8 heteroatoms. The molecule has 2 aromatic rings. The number of nitrogens with zero attached hydrogens (tertiary/aromatic N) is 2. The highest BCUT2D eigenvalue weighted by Gasteiger charge is 2.29. The molecule has 1 aromatic carbocycles. The van der Waals surface area contributed by atoms with E-state index in [0.717, 1.165) is 61.0 Å². The standard InChI is InChI=1S/C27H36N4O3S/c1-3-35(33)21-7-4-6-19(13-21)22-8-9-24(34-11-5-10-31-15-20(16-32)29-17-31)26-25(22)23-12-18(2)14-28-27(23)30-26/h4,6-7,9,12-13,18,20,22,29,32H,3,5,8,10-11,14-17H2,1-2H3,(H,28,30). The van der Waals surface area contributed by atoms with Gasteiger partial charge in [0.15, 0.2) is 4.90 Å². The van der Waals surface area contributed by atoms with Gasteiger partial charge in [0.2, 0.25) is 0 Å². The zero-order chi connectivity index (χ0) is 24.4. The lowest BCUT2D eigenvalue weighted by atomic mass is 9.83. The zero-order valence-electron chi connectivity index (χ0n) is 20.6. The SMILES string of the molecule is CC[S+]([O-])c1cccc(C2CC=C(OCCCN3CNC(CO)C3)c3[nH]c4c(c32)=CC(C)CN=4)c1. The molecular weight excluding hydrogens is 460 g/mol. The van der Waals surface area contributed by atoms with E-state index in [1.165, 1.54) is 16.3 Å². The first-order valence-electron chi connectivity index (χ1n) is 12.7. The Bertz CT molecular complexity index is 1190. The van der Waals surface area contributed by atoms with Crippen LogP contribution in [0, 0.1) is 5.92 Å². The molecule has 1 saturated heterocycles. The molecule has 35 heavy (non-hydrogen) atoms. The van der Waals surface area contributed by atoms with E-state index in [9.17, 15) is 9.66 Å². The highest BCUT2D eigenvalue weighted by molar-refractivity contribution is 7.91. The summed E-state index contributed by atoms with van der Waals surface area (Å²) in [4.78, 5) is 11.6. The molecule has 3 aliphatic rings. The number of aliphatic hydroxyl groups is 1. The van der Waals surface area contributed by atoms with Gasteiger partial charge in [-0.05, 0) is 66.2 Å². The maximum atomic E-state index is 12.5. The van der Waals surface area contributed by atoms with E-state index in [1.54, 1.807) is 0 Å². The summed E-state index contributed by atoms with van der Waals surface area (Å²) >= 11 is -0.974. The van der Waals surface area contributed by atoms with Gasteiger partial charge in [-0.1, -0.05) is 25.1 Å². The fourth-order valence-electron chi connectivity index (χ4n) is 5.32. The third-order valence-corrected chi connectivity index (χ3v) is 8.45. The van der Waals surface area contributed by atoms with Crippen LogP contribution < -0.4 is 16.0 Å². The van der Waals surface area contributed by atoms with Gasteiger partial charge in [0.25, 0.3) is 0 Å². The number of fused-ring (bicyclic) bond motifs is 3. The average molecular weight is 497 g/mol. The molecule has 4 unspecified atom stereocenters. The maximum absolute atomic E-state index is 12.5. The van der Waals surface area contributed by atoms with Gasteiger partial charge >= 0.3 is 0 Å². The predicted octanol–water partition coefficient (Wildman–Crippen LogP) is 1.70. The average Bonchev–Trinajstić information content (AvgIpc) is 3.51. The Morgan fingerprint density at radius 1 is 1.34 bits per heavy atom. The van der Waals surface area contributed by atoms with Crippen LogP contribution >= 0.6 is 0 Å². The molecule has 7 nitrogen and oxygen atoms in total. The van der Waals surface area contributed by atoms with Crippen LogP contribution in [0.5, 0.6) is 0 Å². The number of ether oxygens (including phenoxy) is 1. The van der Waals surface area contributed by atoms with Crippen LogP contribution in [-0.2, 0) is 15.9 Å². The third-order valence-electron chi connectivity index (χ3n) is 7.14. The number of hydrogen-bond donors (Lipinski definition) is 3. The summed E-state index contributed by atoms with van der Waals surface area (Å²) in [5.74, 6) is 2.10. The van der Waals surface area contributed by atoms with Crippen molar-refractivity contribution in [2.45, 2.75) is 43.5 Å². The minimum absolute atomic E-state index is 0.175. The van der Waals surface area contributed by atoms with Crippen LogP contribution in [0.15, 0.2) is 40.2 Å². The van der Waals surface area contributed by atoms with E-state index in [-0.39, 0.29) is 18.6 Å². The summed E-state index contributed by atoms with van der Waals surface area (Å²) in [7, 11) is 0. The van der Waals surface area contributed by atoms with Gasteiger partial charge in [0.1, 0.15) is 17.0 Å². The van der Waals surface area contributed by atoms with Crippen molar-refractivity contribution in [2.75, 3.05) is 45.3 Å². The van der Waals surface area contributed by atoms with Crippen LogP contribution in [0.3, 0.4) is 0 Å². The van der Waals surface area contributed by atoms with Gasteiger partial charge < -0.3 is 19.4 Å². The second-order valence-corrected chi connectivity index (χ2v) is 11.5. The van der Waals surface area contributed by atoms with Crippen molar-refractivity contribution in [3.63, 3.8) is 0 Å². The van der Waals surface area contributed by atoms with Gasteiger partial charge in [-0.3, -0.25) is 15.2 Å². The van der Waals surface area contributed by atoms with Crippen molar-refractivity contribution in [1.82, 2.24) is 15.2 Å². The number of H-pyrrole nitrogens is 1. The lowest BCUT2D eigenvalue weighted by Gasteiger charge is -2.24. The molecule has 0 amide bonds. The number of benzene rings is 1. The van der Waals surface area contributed by atoms with Gasteiger partial charge in [0, 0.05) is 43.5 Å². The number of rotatable bonds is 9. The molecule has 3 N–H and O–H groups in total. The van der Waals surface area contributed by atoms with E-state index >= 15 is 0 Å². The smallest absolute Gasteiger partial charge is 0.152 e. The second kappa shape index (κ2) is 10.9. The number of nitrogens with one attached hydrogen (secondary N) is 2. The number of aromatic nitrogens is 1. The largest absolute Gasteiger partial charge is 0.611 e. The fourth-order valence-corrected chi connectivity index (χ4v) is 6.15. The Morgan fingerprint density at radius 3 is 3.03 bits per heavy atom. The highest BCUT2D eigenvalue weighted by Crippen LogP contribution is 2.37. The first kappa shape index (κ1) is 24.6. The number of hydrogen-bond acceptors (Lipinski definition) is 6. The molecule has 2 aliphatic heterocycles. The Kier molecular flexibility index (Phi) is 7.65. The van der Waals surface area contributed by atoms with Crippen molar-refractivity contribution in [3.8, 4) is 0 Å². The van der Waals surface area contributed by atoms with Gasteiger partial charge in [-0.15, -0.1) is 0 Å². The Labute approximate surface area is 210 Å². The molecule has 188 valence electrons. The van der Waals surface area contributed by atoms with Gasteiger partial charge in [0.05, 0.1) is 18.9 Å². The summed E-state index contributed by atoms with van der Waals surface area (Å²) in [6.45, 7) is 8.42. The number of aromatic amines is 1. The molecule has 0 bridgehead atoms. The van der Waals surface area contributed by atoms with E-state index in [4.69, 9.17) is 9.73 Å². The summed E-state index contributed by atoms with van der Waals surface area (Å²) in [6.07, 6.45) is 6.29. The van der Waals surface area contributed by atoms with E-state index < -0.39 is 11.2 Å². The number of allylic oxidation sites excluding steroid dienone is 1. The minimum atomic E-state index is -0.974. The molecule has 0 spiro atoms. The van der Waals surface area contributed by atoms with Crippen molar-refractivity contribution in [2.24, 2.45) is 10.9 Å². The first-order chi connectivity index (χ1) is 17.1. The van der Waals surface area contributed by atoms with Crippen LogP contribution in [0.4, 0.5) is 0 Å². The predicted molar refractivity (Wildman–Crippen MR) is 139 cm³/mol. The molecule has 3 heterocycles. The summed E-state index contributed by atoms with van der Waals surface area (Å²) in [5.41, 5.74) is 4.42. The Balaban J connectivity index is 1.38. The molecule has 5 rings (SSSR count). The normalized spacial score (nSPS) is 24.7. The molecule has 1 fully saturated rings. The van der Waals surface area contributed by atoms with Crippen LogP contribution in [0.25, 0.3) is 11.8 Å². The molecule has 1 aliphatic carbocycles. The molecule has 4 atom stereocenters. The number of aliphatic hydroxyl groups excluding tert-OH is 1. The van der Waals surface area contributed by atoms with E-state index in [1.807, 2.05) is 19.1 Å². The van der Waals surface area contributed by atoms with Crippen LogP contribution in [0.2, 0.25) is 0 Å². The lowest BCUT2D eigenvalue weighted by molar-refractivity contribution is 0.226. The lowest BCUT2D eigenvalue weighted by Crippen LogP contribution is -2.32. The molecule has 0 radical (unpaired) electrons. The molecule has 0 saturated carbocycles. The maximum Gasteiger partial charge on any atom is 0.152 e. The van der Waals surface area contributed by atoms with E-state index in [0.29, 0.717) is 18.3 Å². The Morgan fingerprint density at radius 2 is 2.23 bits per heavy atom. The molecule has 1 aromatic heterocycles. The van der Waals surface area contributed by atoms with Crippen LogP contribution in [-0.4, -0.2) is 70.9 Å². The quantitative estimate of drug-likeness (QED) is 0.363. The summed E-state index contributed by atoms with van der Waals surface area (Å²) in [5, 5.41) is 13.8. The topological polar surface area (TPSA) is 95.9 Å². The zero-order valence-corrected chi connectivity index (χ0v) is 21.4. The first-order valence-corrected chi connectivity index (χ1v) is 14.1. The summed E-state index contributed by atoms with van der Waals surface area (Å²) < 4.78 is 18.8. The van der Waals surface area contributed by atoms with Crippen molar-refractivity contribution < 1.29 is 14.4 Å².